The van der Waals surface area contributed by atoms with Crippen LogP contribution in [0.4, 0.5) is 27.8 Å². The van der Waals surface area contributed by atoms with Gasteiger partial charge in [0.15, 0.2) is 0 Å². The molecule has 0 unspecified atom stereocenters. The van der Waals surface area contributed by atoms with Gasteiger partial charge in [-0.05, 0) is 0 Å². The molecule has 0 radical (unpaired) electrons. The van der Waals surface area contributed by atoms with Crippen molar-refractivity contribution in [2.45, 2.75) is 12.1 Å². The van der Waals surface area contributed by atoms with Crippen LogP contribution in [0.25, 0.3) is 0 Å². The van der Waals surface area contributed by atoms with E-state index in [9.17, 15) is 22.0 Å². The summed E-state index contributed by atoms with van der Waals surface area (Å²) < 4.78 is 61.4. The highest BCUT2D eigenvalue weighted by Crippen LogP contribution is 2.43. The molecule has 2 N–H and O–H groups in total. The van der Waals surface area contributed by atoms with Gasteiger partial charge in [0.2, 0.25) is 0 Å². The average Bonchev–Trinajstić information content (AvgIpc) is 2.30. The summed E-state index contributed by atoms with van der Waals surface area (Å²) >= 11 is 0. The molecule has 3 nitrogen and oxygen atoms in total. The van der Waals surface area contributed by atoms with Crippen molar-refractivity contribution >= 4 is 5.82 Å². The standard InChI is InChI=1S/C6H6F5N3/c1-14-4(12)2-3(13-14)5(7,8)6(9,10)11/h2H,12H2,1H3. The molecule has 1 aromatic heterocycles. The van der Waals surface area contributed by atoms with Gasteiger partial charge in [0.1, 0.15) is 11.5 Å². The van der Waals surface area contributed by atoms with E-state index in [0.717, 1.165) is 4.68 Å². The molecule has 0 fully saturated rings. The van der Waals surface area contributed by atoms with Gasteiger partial charge >= 0.3 is 12.1 Å². The Balaban J connectivity index is 3.16. The van der Waals surface area contributed by atoms with Gasteiger partial charge in [0.05, 0.1) is 0 Å². The number of anilines is 1. The molecule has 0 spiro atoms. The van der Waals surface area contributed by atoms with Crippen LogP contribution < -0.4 is 5.73 Å². The Hall–Kier alpha value is -1.34. The number of rotatable bonds is 1. The molecular weight excluding hydrogens is 209 g/mol. The molecule has 0 atom stereocenters. The van der Waals surface area contributed by atoms with E-state index in [4.69, 9.17) is 5.73 Å². The minimum Gasteiger partial charge on any atom is -0.384 e. The molecule has 14 heavy (non-hydrogen) atoms. The minimum atomic E-state index is -5.66. The Bertz CT molecular complexity index is 320. The number of halogens is 5. The third-order valence-electron chi connectivity index (χ3n) is 1.59. The summed E-state index contributed by atoms with van der Waals surface area (Å²) in [6.07, 6.45) is -5.66. The van der Waals surface area contributed by atoms with Gasteiger partial charge < -0.3 is 5.73 Å². The monoisotopic (exact) mass is 215 g/mol. The average molecular weight is 215 g/mol. The van der Waals surface area contributed by atoms with Crippen molar-refractivity contribution < 1.29 is 22.0 Å². The van der Waals surface area contributed by atoms with Crippen LogP contribution in [0, 0.1) is 0 Å². The molecule has 1 heterocycles. The van der Waals surface area contributed by atoms with Crippen molar-refractivity contribution in [2.24, 2.45) is 7.05 Å². The Morgan fingerprint density at radius 3 is 2.07 bits per heavy atom. The van der Waals surface area contributed by atoms with Crippen molar-refractivity contribution in [1.82, 2.24) is 9.78 Å². The third kappa shape index (κ3) is 1.51. The van der Waals surface area contributed by atoms with E-state index in [2.05, 4.69) is 5.10 Å². The molecule has 0 aliphatic rings. The molecule has 0 aromatic carbocycles. The molecule has 80 valence electrons. The molecule has 0 saturated carbocycles. The van der Waals surface area contributed by atoms with E-state index >= 15 is 0 Å². The zero-order valence-electron chi connectivity index (χ0n) is 6.94. The van der Waals surface area contributed by atoms with Crippen LogP contribution in [0.5, 0.6) is 0 Å². The summed E-state index contributed by atoms with van der Waals surface area (Å²) in [6.45, 7) is 0. The third-order valence-corrected chi connectivity index (χ3v) is 1.59. The van der Waals surface area contributed by atoms with E-state index < -0.39 is 17.8 Å². The van der Waals surface area contributed by atoms with Crippen molar-refractivity contribution in [3.05, 3.63) is 11.8 Å². The van der Waals surface area contributed by atoms with Gasteiger partial charge in [-0.3, -0.25) is 4.68 Å². The topological polar surface area (TPSA) is 43.8 Å². The van der Waals surface area contributed by atoms with Gasteiger partial charge in [-0.2, -0.15) is 27.1 Å². The maximum absolute atomic E-state index is 12.6. The first-order valence-electron chi connectivity index (χ1n) is 3.41. The van der Waals surface area contributed by atoms with Gasteiger partial charge in [0.25, 0.3) is 0 Å². The van der Waals surface area contributed by atoms with Crippen LogP contribution in [0.2, 0.25) is 0 Å². The maximum atomic E-state index is 12.6. The van der Waals surface area contributed by atoms with E-state index in [0.29, 0.717) is 6.07 Å². The Kier molecular flexibility index (Phi) is 2.17. The normalized spacial score (nSPS) is 13.3. The lowest BCUT2D eigenvalue weighted by Gasteiger charge is -2.16. The van der Waals surface area contributed by atoms with Crippen molar-refractivity contribution in [3.63, 3.8) is 0 Å². The van der Waals surface area contributed by atoms with Crippen LogP contribution in [0.1, 0.15) is 5.69 Å². The number of alkyl halides is 5. The molecule has 0 amide bonds. The molecule has 0 saturated heterocycles. The van der Waals surface area contributed by atoms with Crippen molar-refractivity contribution in [3.8, 4) is 0 Å². The van der Waals surface area contributed by atoms with Crippen LogP contribution >= 0.6 is 0 Å². The molecule has 1 rings (SSSR count). The molecule has 1 aromatic rings. The van der Waals surface area contributed by atoms with E-state index in [1.807, 2.05) is 0 Å². The fourth-order valence-electron chi connectivity index (χ4n) is 0.780. The highest BCUT2D eigenvalue weighted by Gasteiger charge is 2.60. The zero-order valence-corrected chi connectivity index (χ0v) is 6.94. The van der Waals surface area contributed by atoms with Gasteiger partial charge in [-0.15, -0.1) is 0 Å². The lowest BCUT2D eigenvalue weighted by Crippen LogP contribution is -2.34. The van der Waals surface area contributed by atoms with Gasteiger partial charge in [-0.25, -0.2) is 0 Å². The predicted octanol–water partition coefficient (Wildman–Crippen LogP) is 1.66. The molecule has 0 aliphatic carbocycles. The smallest absolute Gasteiger partial charge is 0.384 e. The van der Waals surface area contributed by atoms with Gasteiger partial charge in [-0.1, -0.05) is 0 Å². The van der Waals surface area contributed by atoms with Crippen LogP contribution in [-0.4, -0.2) is 16.0 Å². The Labute approximate surface area is 75.3 Å². The highest BCUT2D eigenvalue weighted by molar-refractivity contribution is 5.32. The first-order chi connectivity index (χ1) is 6.16. The number of aromatic nitrogens is 2. The number of hydrogen-bond donors (Lipinski definition) is 1. The van der Waals surface area contributed by atoms with Crippen molar-refractivity contribution in [1.29, 1.82) is 0 Å². The lowest BCUT2D eigenvalue weighted by molar-refractivity contribution is -0.291. The second-order valence-electron chi connectivity index (χ2n) is 2.65. The van der Waals surface area contributed by atoms with Crippen LogP contribution in [-0.2, 0) is 13.0 Å². The summed E-state index contributed by atoms with van der Waals surface area (Å²) in [5, 5.41) is 2.97. The van der Waals surface area contributed by atoms with Crippen molar-refractivity contribution in [2.75, 3.05) is 5.73 Å². The highest BCUT2D eigenvalue weighted by atomic mass is 19.4. The SMILES string of the molecule is Cn1nc(C(F)(F)C(F)(F)F)cc1N. The number of aryl methyl sites for hydroxylation is 1. The first-order valence-corrected chi connectivity index (χ1v) is 3.41. The number of nitrogens with two attached hydrogens (primary N) is 1. The number of nitrogens with zero attached hydrogens (tertiary/aromatic N) is 2. The number of nitrogen functional groups attached to an aromatic ring is 1. The molecule has 8 heteroatoms. The van der Waals surface area contributed by atoms with E-state index in [1.54, 1.807) is 0 Å². The van der Waals surface area contributed by atoms with Crippen LogP contribution in [0.15, 0.2) is 6.07 Å². The van der Waals surface area contributed by atoms with Crippen LogP contribution in [0.3, 0.4) is 0 Å². The van der Waals surface area contributed by atoms with Gasteiger partial charge in [0, 0.05) is 13.1 Å². The largest absolute Gasteiger partial charge is 0.459 e. The second kappa shape index (κ2) is 2.82. The maximum Gasteiger partial charge on any atom is 0.459 e. The Morgan fingerprint density at radius 2 is 1.79 bits per heavy atom. The molecular formula is C6H6F5N3. The quantitative estimate of drug-likeness (QED) is 0.724. The first kappa shape index (κ1) is 10.7. The summed E-state index contributed by atoms with van der Waals surface area (Å²) in [7, 11) is 1.17. The fourth-order valence-corrected chi connectivity index (χ4v) is 0.780. The minimum absolute atomic E-state index is 0.260. The summed E-state index contributed by atoms with van der Waals surface area (Å²) in [5.41, 5.74) is 3.68. The van der Waals surface area contributed by atoms with E-state index in [1.165, 1.54) is 7.05 Å². The Morgan fingerprint density at radius 1 is 1.29 bits per heavy atom. The summed E-state index contributed by atoms with van der Waals surface area (Å²) in [4.78, 5) is 0. The van der Waals surface area contributed by atoms with E-state index in [-0.39, 0.29) is 5.82 Å². The molecule has 0 aliphatic heterocycles. The zero-order chi connectivity index (χ0) is 11.1. The second-order valence-corrected chi connectivity index (χ2v) is 2.65. The summed E-state index contributed by atoms with van der Waals surface area (Å²) in [6, 6.07) is 0.494. The lowest BCUT2D eigenvalue weighted by atomic mass is 10.2. The summed E-state index contributed by atoms with van der Waals surface area (Å²) in [5.74, 6) is -5.23. The fraction of sp³-hybridized carbons (Fsp3) is 0.500. The predicted molar refractivity (Wildman–Crippen MR) is 37.6 cm³/mol. The molecule has 0 bridgehead atoms. The number of hydrogen-bond acceptors (Lipinski definition) is 2.